The molecule has 0 aromatic heterocycles. The predicted molar refractivity (Wildman–Crippen MR) is 45.8 cm³/mol. The van der Waals surface area contributed by atoms with E-state index in [0.717, 1.165) is 17.9 Å². The van der Waals surface area contributed by atoms with Gasteiger partial charge in [-0.3, -0.25) is 0 Å². The van der Waals surface area contributed by atoms with Crippen molar-refractivity contribution in [3.63, 3.8) is 0 Å². The molecule has 0 N–H and O–H groups in total. The van der Waals surface area contributed by atoms with Crippen molar-refractivity contribution in [2.75, 3.05) is 11.5 Å². The Bertz CT molecular complexity index is 49.3. The summed E-state index contributed by atoms with van der Waals surface area (Å²) in [6.45, 7) is 5.94. The zero-order valence-corrected chi connectivity index (χ0v) is 7.01. The van der Waals surface area contributed by atoms with Crippen LogP contribution in [0.1, 0.15) is 13.3 Å². The third-order valence-electron chi connectivity index (χ3n) is 1.37. The molecule has 0 nitrogen and oxygen atoms in total. The van der Waals surface area contributed by atoms with E-state index in [0.29, 0.717) is 0 Å². The Hall–Kier alpha value is 0.700. The van der Waals surface area contributed by atoms with Gasteiger partial charge in [0.05, 0.1) is 0 Å². The molecule has 0 unspecified atom stereocenters. The van der Waals surface area contributed by atoms with E-state index in [-0.39, 0.29) is 5.41 Å². The van der Waals surface area contributed by atoms with Gasteiger partial charge < -0.3 is 0 Å². The molecule has 0 aliphatic heterocycles. The van der Waals surface area contributed by atoms with Gasteiger partial charge >= 0.3 is 0 Å². The lowest BCUT2D eigenvalue weighted by atomic mass is 9.93. The predicted octanol–water partition coefficient (Wildman–Crippen LogP) is 2.08. The summed E-state index contributed by atoms with van der Waals surface area (Å²) >= 11 is 8.34. The molecule has 0 aliphatic carbocycles. The van der Waals surface area contributed by atoms with Crippen LogP contribution in [0.4, 0.5) is 0 Å². The standard InChI is InChI=1S/C6H13S2/c1-3-6(2,4-7)5-8/h7-8H,1,3-5H2,2H3. The van der Waals surface area contributed by atoms with E-state index >= 15 is 0 Å². The Labute approximate surface area is 62.9 Å². The monoisotopic (exact) mass is 149 g/mol. The second-order valence-corrected chi connectivity index (χ2v) is 3.01. The van der Waals surface area contributed by atoms with E-state index in [1.165, 1.54) is 0 Å². The molecular formula is C6H13S2. The van der Waals surface area contributed by atoms with Gasteiger partial charge in [0, 0.05) is 0 Å². The van der Waals surface area contributed by atoms with Crippen molar-refractivity contribution in [3.05, 3.63) is 6.92 Å². The molecule has 1 radical (unpaired) electrons. The highest BCUT2D eigenvalue weighted by Crippen LogP contribution is 2.22. The summed E-state index contributed by atoms with van der Waals surface area (Å²) in [4.78, 5) is 0. The van der Waals surface area contributed by atoms with E-state index in [4.69, 9.17) is 0 Å². The summed E-state index contributed by atoms with van der Waals surface area (Å²) < 4.78 is 0. The molecule has 0 spiro atoms. The van der Waals surface area contributed by atoms with E-state index in [2.05, 4.69) is 39.1 Å². The van der Waals surface area contributed by atoms with Crippen LogP contribution in [0, 0.1) is 12.3 Å². The van der Waals surface area contributed by atoms with Crippen molar-refractivity contribution in [2.45, 2.75) is 13.3 Å². The van der Waals surface area contributed by atoms with Crippen LogP contribution in [-0.2, 0) is 0 Å². The Kier molecular flexibility index (Phi) is 4.00. The third kappa shape index (κ3) is 2.31. The van der Waals surface area contributed by atoms with Crippen LogP contribution in [0.3, 0.4) is 0 Å². The topological polar surface area (TPSA) is 0 Å². The highest BCUT2D eigenvalue weighted by Gasteiger charge is 2.16. The Morgan fingerprint density at radius 2 is 1.75 bits per heavy atom. The van der Waals surface area contributed by atoms with Gasteiger partial charge in [0.25, 0.3) is 0 Å². The van der Waals surface area contributed by atoms with Crippen LogP contribution in [0.25, 0.3) is 0 Å². The van der Waals surface area contributed by atoms with Crippen molar-refractivity contribution in [3.8, 4) is 0 Å². The molecule has 0 heterocycles. The van der Waals surface area contributed by atoms with E-state index in [9.17, 15) is 0 Å². The number of hydrogen-bond acceptors (Lipinski definition) is 2. The maximum absolute atomic E-state index is 4.17. The number of rotatable bonds is 3. The minimum Gasteiger partial charge on any atom is -0.179 e. The van der Waals surface area contributed by atoms with Gasteiger partial charge in [-0.05, 0) is 23.3 Å². The summed E-state index contributed by atoms with van der Waals surface area (Å²) in [5, 5.41) is 0. The average molecular weight is 149 g/mol. The Morgan fingerprint density at radius 1 is 1.38 bits per heavy atom. The maximum atomic E-state index is 4.17. The first-order valence-corrected chi connectivity index (χ1v) is 3.96. The number of hydrogen-bond donors (Lipinski definition) is 2. The molecule has 0 bridgehead atoms. The molecule has 0 aromatic rings. The molecule has 2 heteroatoms. The SMILES string of the molecule is [CH2]CC(C)(CS)CS. The van der Waals surface area contributed by atoms with Crippen molar-refractivity contribution >= 4 is 25.3 Å². The molecule has 0 saturated carbocycles. The van der Waals surface area contributed by atoms with E-state index in [1.807, 2.05) is 0 Å². The van der Waals surface area contributed by atoms with E-state index in [1.54, 1.807) is 0 Å². The van der Waals surface area contributed by atoms with Crippen molar-refractivity contribution in [1.82, 2.24) is 0 Å². The van der Waals surface area contributed by atoms with Gasteiger partial charge in [0.15, 0.2) is 0 Å². The Morgan fingerprint density at radius 3 is 1.75 bits per heavy atom. The molecule has 8 heavy (non-hydrogen) atoms. The Balaban J connectivity index is 3.58. The highest BCUT2D eigenvalue weighted by atomic mass is 32.1. The van der Waals surface area contributed by atoms with Gasteiger partial charge in [0.1, 0.15) is 0 Å². The van der Waals surface area contributed by atoms with Gasteiger partial charge in [0.2, 0.25) is 0 Å². The minimum absolute atomic E-state index is 0.242. The second-order valence-electron chi connectivity index (χ2n) is 2.38. The molecule has 0 atom stereocenters. The lowest BCUT2D eigenvalue weighted by Crippen LogP contribution is -2.18. The quantitative estimate of drug-likeness (QED) is 0.564. The maximum Gasteiger partial charge on any atom is -0.00360 e. The summed E-state index contributed by atoms with van der Waals surface area (Å²) in [7, 11) is 0. The van der Waals surface area contributed by atoms with Crippen LogP contribution in [0.5, 0.6) is 0 Å². The molecule has 0 rings (SSSR count). The lowest BCUT2D eigenvalue weighted by Gasteiger charge is -2.22. The molecule has 0 aromatic carbocycles. The molecule has 0 saturated heterocycles. The van der Waals surface area contributed by atoms with E-state index < -0.39 is 0 Å². The fraction of sp³-hybridized carbons (Fsp3) is 0.833. The minimum atomic E-state index is 0.242. The molecule has 0 amide bonds. The summed E-state index contributed by atoms with van der Waals surface area (Å²) in [5.74, 6) is 1.75. The first kappa shape index (κ1) is 8.70. The first-order valence-electron chi connectivity index (χ1n) is 2.69. The summed E-state index contributed by atoms with van der Waals surface area (Å²) in [5.41, 5.74) is 0.242. The van der Waals surface area contributed by atoms with Crippen LogP contribution >= 0.6 is 25.3 Å². The molecular weight excluding hydrogens is 136 g/mol. The lowest BCUT2D eigenvalue weighted by molar-refractivity contribution is 0.442. The zero-order chi connectivity index (χ0) is 6.62. The fourth-order valence-corrected chi connectivity index (χ4v) is 0.924. The zero-order valence-electron chi connectivity index (χ0n) is 5.22. The summed E-state index contributed by atoms with van der Waals surface area (Å²) in [6, 6.07) is 0. The fourth-order valence-electron chi connectivity index (χ4n) is 0.208. The average Bonchev–Trinajstić information content (AvgIpc) is 1.87. The highest BCUT2D eigenvalue weighted by molar-refractivity contribution is 7.81. The van der Waals surface area contributed by atoms with Gasteiger partial charge in [-0.15, -0.1) is 0 Å². The third-order valence-corrected chi connectivity index (χ3v) is 2.89. The van der Waals surface area contributed by atoms with Crippen LogP contribution in [-0.4, -0.2) is 11.5 Å². The first-order chi connectivity index (χ1) is 3.68. The van der Waals surface area contributed by atoms with Crippen molar-refractivity contribution in [1.29, 1.82) is 0 Å². The molecule has 49 valence electrons. The second kappa shape index (κ2) is 3.67. The van der Waals surface area contributed by atoms with Crippen molar-refractivity contribution < 1.29 is 0 Å². The van der Waals surface area contributed by atoms with Gasteiger partial charge in [-0.2, -0.15) is 25.3 Å². The summed E-state index contributed by atoms with van der Waals surface area (Å²) in [6.07, 6.45) is 0.917. The van der Waals surface area contributed by atoms with Crippen LogP contribution < -0.4 is 0 Å². The molecule has 0 aliphatic rings. The molecule has 0 fully saturated rings. The van der Waals surface area contributed by atoms with Gasteiger partial charge in [-0.25, -0.2) is 0 Å². The van der Waals surface area contributed by atoms with Crippen LogP contribution in [0.2, 0.25) is 0 Å². The smallest absolute Gasteiger partial charge is 0.00360 e. The van der Waals surface area contributed by atoms with Gasteiger partial charge in [-0.1, -0.05) is 13.8 Å². The number of thiol groups is 2. The van der Waals surface area contributed by atoms with Crippen LogP contribution in [0.15, 0.2) is 0 Å². The largest absolute Gasteiger partial charge is 0.179 e. The normalized spacial score (nSPS) is 12.0. The van der Waals surface area contributed by atoms with Crippen molar-refractivity contribution in [2.24, 2.45) is 5.41 Å².